The van der Waals surface area contributed by atoms with Crippen molar-refractivity contribution in [1.82, 2.24) is 0 Å². The van der Waals surface area contributed by atoms with Crippen LogP contribution in [0.4, 0.5) is 0 Å². The van der Waals surface area contributed by atoms with Crippen molar-refractivity contribution in [1.29, 1.82) is 0 Å². The summed E-state index contributed by atoms with van der Waals surface area (Å²) in [5.41, 5.74) is 0. The van der Waals surface area contributed by atoms with Crippen LogP contribution >= 0.6 is 25.3 Å². The van der Waals surface area contributed by atoms with E-state index < -0.39 is 68.0 Å². The molecule has 6 unspecified atom stereocenters. The molecule has 0 aromatic carbocycles. The maximum atomic E-state index is 10.4. The molecule has 2 fully saturated rings. The average molecular weight is 433 g/mol. The number of hydrogen-bond acceptors (Lipinski definition) is 12. The molecule has 160 valence electrons. The van der Waals surface area contributed by atoms with Gasteiger partial charge in [-0.25, -0.2) is 0 Å². The van der Waals surface area contributed by atoms with Gasteiger partial charge in [0.2, 0.25) is 0 Å². The molecule has 12 heteroatoms. The number of ether oxygens (including phenoxy) is 4. The van der Waals surface area contributed by atoms with Gasteiger partial charge in [-0.15, -0.1) is 0 Å². The normalized spacial score (nSPS) is 45.8. The van der Waals surface area contributed by atoms with Crippen molar-refractivity contribution in [2.75, 3.05) is 24.7 Å². The molecule has 0 bridgehead atoms. The molecule has 10 atom stereocenters. The summed E-state index contributed by atoms with van der Waals surface area (Å²) in [6.07, 6.45) is -12.8. The lowest BCUT2D eigenvalue weighted by atomic mass is 9.97. The molecule has 0 saturated carbocycles. The Hall–Kier alpha value is 0.300. The minimum Gasteiger partial charge on any atom is -0.394 e. The zero-order valence-electron chi connectivity index (χ0n) is 14.5. The first-order valence-corrected chi connectivity index (χ1v) is 9.93. The van der Waals surface area contributed by atoms with Gasteiger partial charge in [-0.2, -0.15) is 25.3 Å². The third-order valence-electron chi connectivity index (χ3n) is 4.54. The van der Waals surface area contributed by atoms with Gasteiger partial charge in [0, 0.05) is 5.75 Å². The molecule has 0 aromatic rings. The zero-order chi connectivity index (χ0) is 20.1. The van der Waals surface area contributed by atoms with Gasteiger partial charge in [0.15, 0.2) is 12.6 Å². The van der Waals surface area contributed by atoms with E-state index >= 15 is 0 Å². The van der Waals surface area contributed by atoms with Crippen molar-refractivity contribution < 1.29 is 49.6 Å². The summed E-state index contributed by atoms with van der Waals surface area (Å²) in [4.78, 5) is 0. The fraction of sp³-hybridized carbons (Fsp3) is 1.00. The SMILES string of the molecule is OCC1O[C@@H](OCCCS)C(O)C(O)[C@@H]1O[C@@H]1OC(CS)[C@H](O)C(O)C1O. The molecule has 2 aliphatic heterocycles. The second kappa shape index (κ2) is 10.9. The minimum atomic E-state index is -1.62. The highest BCUT2D eigenvalue weighted by Gasteiger charge is 2.50. The monoisotopic (exact) mass is 432 g/mol. The topological polar surface area (TPSA) is 158 Å². The van der Waals surface area contributed by atoms with Crippen LogP contribution in [0.25, 0.3) is 0 Å². The van der Waals surface area contributed by atoms with E-state index in [4.69, 9.17) is 18.9 Å². The maximum Gasteiger partial charge on any atom is 0.187 e. The van der Waals surface area contributed by atoms with Crippen LogP contribution in [0, 0.1) is 0 Å². The van der Waals surface area contributed by atoms with Crippen LogP contribution in [0.15, 0.2) is 0 Å². The molecule has 0 radical (unpaired) electrons. The van der Waals surface area contributed by atoms with Crippen molar-refractivity contribution in [2.24, 2.45) is 0 Å². The van der Waals surface area contributed by atoms with E-state index in [0.717, 1.165) is 0 Å². The Bertz CT molecular complexity index is 443. The molecule has 0 aromatic heterocycles. The Balaban J connectivity index is 2.06. The lowest BCUT2D eigenvalue weighted by Crippen LogP contribution is -2.64. The van der Waals surface area contributed by atoms with Crippen LogP contribution in [0.1, 0.15) is 6.42 Å². The smallest absolute Gasteiger partial charge is 0.187 e. The lowest BCUT2D eigenvalue weighted by Gasteiger charge is -2.46. The third-order valence-corrected chi connectivity index (χ3v) is 5.22. The van der Waals surface area contributed by atoms with E-state index in [-0.39, 0.29) is 12.4 Å². The molecule has 6 N–H and O–H groups in total. The predicted octanol–water partition coefficient (Wildman–Crippen LogP) is -3.12. The largest absolute Gasteiger partial charge is 0.394 e. The van der Waals surface area contributed by atoms with E-state index in [9.17, 15) is 30.6 Å². The summed E-state index contributed by atoms with van der Waals surface area (Å²) >= 11 is 8.06. The zero-order valence-corrected chi connectivity index (χ0v) is 16.3. The Morgan fingerprint density at radius 3 is 2.00 bits per heavy atom. The molecule has 2 rings (SSSR count). The Labute approximate surface area is 167 Å². The summed E-state index contributed by atoms with van der Waals surface area (Å²) in [5, 5.41) is 60.1. The van der Waals surface area contributed by atoms with Gasteiger partial charge in [0.1, 0.15) is 42.7 Å². The summed E-state index contributed by atoms with van der Waals surface area (Å²) in [5.74, 6) is 0.611. The van der Waals surface area contributed by atoms with Crippen LogP contribution in [0.3, 0.4) is 0 Å². The van der Waals surface area contributed by atoms with Crippen molar-refractivity contribution in [3.63, 3.8) is 0 Å². The van der Waals surface area contributed by atoms with Gasteiger partial charge in [-0.1, -0.05) is 0 Å². The fourth-order valence-corrected chi connectivity index (χ4v) is 3.39. The number of aliphatic hydroxyl groups is 6. The first kappa shape index (κ1) is 23.6. The van der Waals surface area contributed by atoms with Crippen molar-refractivity contribution in [3.05, 3.63) is 0 Å². The third kappa shape index (κ3) is 5.47. The second-order valence-electron chi connectivity index (χ2n) is 6.45. The molecular formula is C15H28O10S2. The van der Waals surface area contributed by atoms with Crippen LogP contribution in [-0.2, 0) is 18.9 Å². The molecule has 10 nitrogen and oxygen atoms in total. The average Bonchev–Trinajstić information content (AvgIpc) is 2.67. The van der Waals surface area contributed by atoms with Crippen molar-refractivity contribution >= 4 is 25.3 Å². The molecule has 0 spiro atoms. The number of rotatable bonds is 8. The van der Waals surface area contributed by atoms with Crippen LogP contribution in [-0.4, -0.2) is 117 Å². The summed E-state index contributed by atoms with van der Waals surface area (Å²) in [6, 6.07) is 0. The lowest BCUT2D eigenvalue weighted by molar-refractivity contribution is -0.356. The highest BCUT2D eigenvalue weighted by Crippen LogP contribution is 2.29. The van der Waals surface area contributed by atoms with Crippen LogP contribution in [0.5, 0.6) is 0 Å². The van der Waals surface area contributed by atoms with E-state index in [1.54, 1.807) is 0 Å². The van der Waals surface area contributed by atoms with E-state index in [2.05, 4.69) is 25.3 Å². The van der Waals surface area contributed by atoms with Crippen molar-refractivity contribution in [2.45, 2.75) is 67.8 Å². The molecular weight excluding hydrogens is 404 g/mol. The number of thiol groups is 2. The van der Waals surface area contributed by atoms with Crippen LogP contribution in [0.2, 0.25) is 0 Å². The minimum absolute atomic E-state index is 0.0433. The number of hydrogen-bond donors (Lipinski definition) is 8. The maximum absolute atomic E-state index is 10.4. The molecule has 27 heavy (non-hydrogen) atoms. The quantitative estimate of drug-likeness (QED) is 0.146. The first-order valence-electron chi connectivity index (χ1n) is 8.66. The number of aliphatic hydroxyl groups excluding tert-OH is 6. The van der Waals surface area contributed by atoms with Gasteiger partial charge in [-0.3, -0.25) is 0 Å². The second-order valence-corrected chi connectivity index (χ2v) is 7.26. The Morgan fingerprint density at radius 2 is 1.41 bits per heavy atom. The predicted molar refractivity (Wildman–Crippen MR) is 97.6 cm³/mol. The van der Waals surface area contributed by atoms with Crippen LogP contribution < -0.4 is 0 Å². The first-order chi connectivity index (χ1) is 12.8. The van der Waals surface area contributed by atoms with E-state index in [1.807, 2.05) is 0 Å². The van der Waals surface area contributed by atoms with Gasteiger partial charge < -0.3 is 49.6 Å². The Kier molecular flexibility index (Phi) is 9.52. The molecule has 0 amide bonds. The Morgan fingerprint density at radius 1 is 0.778 bits per heavy atom. The molecule has 2 saturated heterocycles. The van der Waals surface area contributed by atoms with E-state index in [1.165, 1.54) is 0 Å². The standard InChI is InChI=1S/C15H28O10S2/c16-4-6-13(10(19)12(21)14(23-6)22-2-1-3-26)25-15-11(20)9(18)8(17)7(5-27)24-15/h6-21,26-27H,1-5H2/t6?,7?,8-,9?,10?,11?,12?,13+,14+,15-/m0/s1. The summed E-state index contributed by atoms with van der Waals surface area (Å²) in [6.45, 7) is -0.329. The summed E-state index contributed by atoms with van der Waals surface area (Å²) < 4.78 is 21.7. The van der Waals surface area contributed by atoms with Gasteiger partial charge in [-0.05, 0) is 12.2 Å². The highest BCUT2D eigenvalue weighted by molar-refractivity contribution is 7.80. The molecule has 0 aliphatic carbocycles. The van der Waals surface area contributed by atoms with Gasteiger partial charge >= 0.3 is 0 Å². The fourth-order valence-electron chi connectivity index (χ4n) is 2.96. The summed E-state index contributed by atoms with van der Waals surface area (Å²) in [7, 11) is 0. The van der Waals surface area contributed by atoms with Gasteiger partial charge in [0.05, 0.1) is 19.3 Å². The van der Waals surface area contributed by atoms with E-state index in [0.29, 0.717) is 12.2 Å². The van der Waals surface area contributed by atoms with Crippen molar-refractivity contribution in [3.8, 4) is 0 Å². The van der Waals surface area contributed by atoms with Gasteiger partial charge in [0.25, 0.3) is 0 Å². The highest BCUT2D eigenvalue weighted by atomic mass is 32.1. The molecule has 2 heterocycles. The molecule has 2 aliphatic rings.